The molecule has 0 aliphatic carbocycles. The van der Waals surface area contributed by atoms with Crippen molar-refractivity contribution in [3.63, 3.8) is 0 Å². The predicted molar refractivity (Wildman–Crippen MR) is 67.2 cm³/mol. The van der Waals surface area contributed by atoms with Crippen molar-refractivity contribution >= 4 is 0 Å². The molecule has 92 valence electrons. The summed E-state index contributed by atoms with van der Waals surface area (Å²) in [4.78, 5) is 5.01. The minimum atomic E-state index is 0.281. The molecule has 0 amide bonds. The molecule has 1 saturated heterocycles. The minimum absolute atomic E-state index is 0.281. The summed E-state index contributed by atoms with van der Waals surface area (Å²) < 4.78 is 0. The molecule has 0 aromatic carbocycles. The van der Waals surface area contributed by atoms with Crippen LogP contribution in [0.25, 0.3) is 0 Å². The van der Waals surface area contributed by atoms with Crippen molar-refractivity contribution in [2.24, 2.45) is 0 Å². The highest BCUT2D eigenvalue weighted by Crippen LogP contribution is 2.18. The van der Waals surface area contributed by atoms with E-state index in [1.807, 2.05) is 0 Å². The average molecular weight is 223 g/mol. The summed E-state index contributed by atoms with van der Waals surface area (Å²) in [5.41, 5.74) is 0.281. The fourth-order valence-corrected chi connectivity index (χ4v) is 2.39. The normalized spacial score (nSPS) is 21.7. The Balaban J connectivity index is 2.45. The van der Waals surface area contributed by atoms with E-state index in [9.17, 15) is 0 Å². The van der Waals surface area contributed by atoms with Crippen molar-refractivity contribution in [1.82, 2.24) is 9.80 Å². The Kier molecular flexibility index (Phi) is 4.76. The standard InChI is InChI=1S/C13H25N3/c1-5-12(6-7-14)15-8-10-16(11-9-15)13(2,3)4/h12H,5-6,8-11H2,1-4H3. The molecule has 16 heavy (non-hydrogen) atoms. The van der Waals surface area contributed by atoms with Gasteiger partial charge in [0.25, 0.3) is 0 Å². The summed E-state index contributed by atoms with van der Waals surface area (Å²) >= 11 is 0. The first kappa shape index (κ1) is 13.5. The highest BCUT2D eigenvalue weighted by molar-refractivity contribution is 4.87. The summed E-state index contributed by atoms with van der Waals surface area (Å²) in [5, 5.41) is 8.79. The van der Waals surface area contributed by atoms with E-state index >= 15 is 0 Å². The minimum Gasteiger partial charge on any atom is -0.297 e. The molecular formula is C13H25N3. The van der Waals surface area contributed by atoms with E-state index in [1.54, 1.807) is 0 Å². The number of hydrogen-bond acceptors (Lipinski definition) is 3. The molecule has 1 rings (SSSR count). The van der Waals surface area contributed by atoms with Gasteiger partial charge in [0.05, 0.1) is 12.5 Å². The van der Waals surface area contributed by atoms with Crippen LogP contribution in [0.4, 0.5) is 0 Å². The third kappa shape index (κ3) is 3.47. The SMILES string of the molecule is CCC(CC#N)N1CCN(C(C)(C)C)CC1. The summed E-state index contributed by atoms with van der Waals surface area (Å²) in [6, 6.07) is 2.77. The lowest BCUT2D eigenvalue weighted by Gasteiger charge is -2.44. The van der Waals surface area contributed by atoms with Gasteiger partial charge < -0.3 is 0 Å². The van der Waals surface area contributed by atoms with E-state index < -0.39 is 0 Å². The van der Waals surface area contributed by atoms with Crippen molar-refractivity contribution in [3.05, 3.63) is 0 Å². The van der Waals surface area contributed by atoms with Gasteiger partial charge in [0.1, 0.15) is 0 Å². The molecule has 0 bridgehead atoms. The van der Waals surface area contributed by atoms with Crippen LogP contribution in [-0.4, -0.2) is 47.6 Å². The van der Waals surface area contributed by atoms with Gasteiger partial charge in [-0.25, -0.2) is 0 Å². The molecule has 1 atom stereocenters. The van der Waals surface area contributed by atoms with Crippen LogP contribution in [0.5, 0.6) is 0 Å². The summed E-state index contributed by atoms with van der Waals surface area (Å²) in [5.74, 6) is 0. The van der Waals surface area contributed by atoms with Crippen LogP contribution in [0.2, 0.25) is 0 Å². The number of hydrogen-bond donors (Lipinski definition) is 0. The van der Waals surface area contributed by atoms with Crippen molar-refractivity contribution in [2.45, 2.75) is 52.1 Å². The maximum Gasteiger partial charge on any atom is 0.0638 e. The monoisotopic (exact) mass is 223 g/mol. The van der Waals surface area contributed by atoms with E-state index in [4.69, 9.17) is 5.26 Å². The first-order valence-electron chi connectivity index (χ1n) is 6.35. The highest BCUT2D eigenvalue weighted by atomic mass is 15.3. The molecule has 0 N–H and O–H groups in total. The Morgan fingerprint density at radius 3 is 2.12 bits per heavy atom. The number of piperazine rings is 1. The topological polar surface area (TPSA) is 30.3 Å². The smallest absolute Gasteiger partial charge is 0.0638 e. The van der Waals surface area contributed by atoms with Gasteiger partial charge in [-0.1, -0.05) is 6.92 Å². The van der Waals surface area contributed by atoms with Gasteiger partial charge in [0.15, 0.2) is 0 Å². The summed E-state index contributed by atoms with van der Waals surface area (Å²) in [6.45, 7) is 13.5. The molecule has 1 aliphatic heterocycles. The van der Waals surface area contributed by atoms with Crippen LogP contribution < -0.4 is 0 Å². The average Bonchev–Trinajstić information content (AvgIpc) is 2.25. The molecule has 0 saturated carbocycles. The largest absolute Gasteiger partial charge is 0.297 e. The molecule has 1 fully saturated rings. The molecule has 0 aromatic rings. The molecule has 3 heteroatoms. The number of nitriles is 1. The van der Waals surface area contributed by atoms with E-state index in [0.717, 1.165) is 32.6 Å². The van der Waals surface area contributed by atoms with Gasteiger partial charge in [-0.05, 0) is 27.2 Å². The van der Waals surface area contributed by atoms with Gasteiger partial charge in [-0.2, -0.15) is 5.26 Å². The molecule has 1 unspecified atom stereocenters. The lowest BCUT2D eigenvalue weighted by atomic mass is 10.0. The Morgan fingerprint density at radius 1 is 1.19 bits per heavy atom. The van der Waals surface area contributed by atoms with Crippen molar-refractivity contribution in [1.29, 1.82) is 5.26 Å². The van der Waals surface area contributed by atoms with E-state index in [1.165, 1.54) is 0 Å². The Labute approximate surface area is 100 Å². The zero-order valence-corrected chi connectivity index (χ0v) is 11.2. The lowest BCUT2D eigenvalue weighted by Crippen LogP contribution is -2.55. The van der Waals surface area contributed by atoms with Gasteiger partial charge in [0.2, 0.25) is 0 Å². The van der Waals surface area contributed by atoms with Crippen LogP contribution in [0.15, 0.2) is 0 Å². The number of rotatable bonds is 3. The fraction of sp³-hybridized carbons (Fsp3) is 0.923. The van der Waals surface area contributed by atoms with Crippen LogP contribution in [-0.2, 0) is 0 Å². The van der Waals surface area contributed by atoms with Crippen LogP contribution in [0, 0.1) is 11.3 Å². The summed E-state index contributed by atoms with van der Waals surface area (Å²) in [6.07, 6.45) is 1.76. The van der Waals surface area contributed by atoms with Gasteiger partial charge in [-0.3, -0.25) is 9.80 Å². The second kappa shape index (κ2) is 5.65. The van der Waals surface area contributed by atoms with E-state index in [-0.39, 0.29) is 5.54 Å². The van der Waals surface area contributed by atoms with Crippen LogP contribution >= 0.6 is 0 Å². The third-order valence-electron chi connectivity index (χ3n) is 3.58. The van der Waals surface area contributed by atoms with Gasteiger partial charge in [-0.15, -0.1) is 0 Å². The quantitative estimate of drug-likeness (QED) is 0.734. The molecule has 1 heterocycles. The second-order valence-corrected chi connectivity index (χ2v) is 5.62. The molecule has 0 aromatic heterocycles. The van der Waals surface area contributed by atoms with Crippen molar-refractivity contribution in [3.8, 4) is 6.07 Å². The second-order valence-electron chi connectivity index (χ2n) is 5.62. The van der Waals surface area contributed by atoms with E-state index in [0.29, 0.717) is 12.5 Å². The molecule has 0 spiro atoms. The van der Waals surface area contributed by atoms with Crippen molar-refractivity contribution < 1.29 is 0 Å². The predicted octanol–water partition coefficient (Wildman–Crippen LogP) is 2.09. The maximum absolute atomic E-state index is 8.79. The van der Waals surface area contributed by atoms with Crippen LogP contribution in [0.3, 0.4) is 0 Å². The Bertz CT molecular complexity index is 241. The van der Waals surface area contributed by atoms with Gasteiger partial charge in [0, 0.05) is 37.8 Å². The maximum atomic E-state index is 8.79. The molecule has 0 radical (unpaired) electrons. The fourth-order valence-electron chi connectivity index (χ4n) is 2.39. The van der Waals surface area contributed by atoms with Gasteiger partial charge >= 0.3 is 0 Å². The van der Waals surface area contributed by atoms with Crippen LogP contribution in [0.1, 0.15) is 40.5 Å². The zero-order valence-electron chi connectivity index (χ0n) is 11.2. The Morgan fingerprint density at radius 2 is 1.75 bits per heavy atom. The summed E-state index contributed by atoms with van der Waals surface area (Å²) in [7, 11) is 0. The zero-order chi connectivity index (χ0) is 12.2. The number of nitrogens with zero attached hydrogens (tertiary/aromatic N) is 3. The molecular weight excluding hydrogens is 198 g/mol. The highest BCUT2D eigenvalue weighted by Gasteiger charge is 2.28. The molecule has 1 aliphatic rings. The van der Waals surface area contributed by atoms with Crippen molar-refractivity contribution in [2.75, 3.05) is 26.2 Å². The molecule has 3 nitrogen and oxygen atoms in total. The lowest BCUT2D eigenvalue weighted by molar-refractivity contribution is 0.0420. The first-order chi connectivity index (χ1) is 7.49. The van der Waals surface area contributed by atoms with E-state index in [2.05, 4.69) is 43.6 Å². The third-order valence-corrected chi connectivity index (χ3v) is 3.58. The Hall–Kier alpha value is -0.590. The first-order valence-corrected chi connectivity index (χ1v) is 6.35.